The maximum atomic E-state index is 12.3. The van der Waals surface area contributed by atoms with Crippen LogP contribution < -0.4 is 5.32 Å². The van der Waals surface area contributed by atoms with E-state index in [9.17, 15) is 14.4 Å². The molecule has 0 bridgehead atoms. The summed E-state index contributed by atoms with van der Waals surface area (Å²) in [5, 5.41) is 4.15. The summed E-state index contributed by atoms with van der Waals surface area (Å²) in [4.78, 5) is 37.8. The minimum absolute atomic E-state index is 0.247. The number of esters is 1. The fraction of sp³-hybridized carbons (Fsp3) is 0.533. The van der Waals surface area contributed by atoms with Gasteiger partial charge in [0.1, 0.15) is 4.88 Å². The van der Waals surface area contributed by atoms with Gasteiger partial charge in [0.15, 0.2) is 0 Å². The van der Waals surface area contributed by atoms with Crippen molar-refractivity contribution in [3.05, 3.63) is 16.3 Å². The second kappa shape index (κ2) is 8.07. The summed E-state index contributed by atoms with van der Waals surface area (Å²) in [5.74, 6) is -1.63. The fourth-order valence-corrected chi connectivity index (χ4v) is 3.36. The Hall–Kier alpha value is -1.93. The first-order valence-corrected chi connectivity index (χ1v) is 8.19. The highest BCUT2D eigenvalue weighted by atomic mass is 32.1. The van der Waals surface area contributed by atoms with Gasteiger partial charge in [-0.05, 0) is 30.2 Å². The van der Waals surface area contributed by atoms with Gasteiger partial charge in [0.2, 0.25) is 0 Å². The van der Waals surface area contributed by atoms with Crippen LogP contribution in [0.3, 0.4) is 0 Å². The van der Waals surface area contributed by atoms with Gasteiger partial charge in [0, 0.05) is 20.2 Å². The van der Waals surface area contributed by atoms with Crippen molar-refractivity contribution in [2.75, 3.05) is 39.2 Å². The molecule has 0 spiro atoms. The fourth-order valence-electron chi connectivity index (χ4n) is 2.60. The normalized spacial score (nSPS) is 17.7. The Labute approximate surface area is 138 Å². The van der Waals surface area contributed by atoms with E-state index in [1.165, 1.54) is 12.0 Å². The molecule has 126 valence electrons. The number of carbonyl (C=O) groups is 3. The van der Waals surface area contributed by atoms with Crippen LogP contribution in [0.25, 0.3) is 0 Å². The highest BCUT2D eigenvalue weighted by Crippen LogP contribution is 2.23. The van der Waals surface area contributed by atoms with E-state index >= 15 is 0 Å². The lowest BCUT2D eigenvalue weighted by molar-refractivity contribution is -0.144. The van der Waals surface area contributed by atoms with Gasteiger partial charge in [-0.3, -0.25) is 9.59 Å². The lowest BCUT2D eigenvalue weighted by Gasteiger charge is -2.31. The van der Waals surface area contributed by atoms with E-state index in [1.54, 1.807) is 18.6 Å². The van der Waals surface area contributed by atoms with Crippen LogP contribution in [0.2, 0.25) is 0 Å². The maximum absolute atomic E-state index is 12.3. The lowest BCUT2D eigenvalue weighted by Crippen LogP contribution is -2.46. The zero-order valence-corrected chi connectivity index (χ0v) is 14.0. The predicted octanol–water partition coefficient (Wildman–Crippen LogP) is 1.36. The van der Waals surface area contributed by atoms with Crippen LogP contribution in [-0.2, 0) is 19.1 Å². The Bertz CT molecular complexity index is 584. The topological polar surface area (TPSA) is 84.9 Å². The molecule has 1 atom stereocenters. The van der Waals surface area contributed by atoms with Crippen molar-refractivity contribution in [1.29, 1.82) is 0 Å². The van der Waals surface area contributed by atoms with Crippen molar-refractivity contribution >= 4 is 34.8 Å². The van der Waals surface area contributed by atoms with Crippen molar-refractivity contribution in [3.8, 4) is 0 Å². The zero-order valence-electron chi connectivity index (χ0n) is 13.2. The highest BCUT2D eigenvalue weighted by molar-refractivity contribution is 7.12. The molecule has 2 heterocycles. The summed E-state index contributed by atoms with van der Waals surface area (Å²) in [6.07, 6.45) is 1.83. The smallest absolute Gasteiger partial charge is 0.350 e. The molecule has 0 aromatic carbocycles. The van der Waals surface area contributed by atoms with Gasteiger partial charge in [-0.25, -0.2) is 4.79 Å². The van der Waals surface area contributed by atoms with Crippen LogP contribution in [0.4, 0.5) is 5.69 Å². The van der Waals surface area contributed by atoms with Gasteiger partial charge in [-0.2, -0.15) is 0 Å². The summed E-state index contributed by atoms with van der Waals surface area (Å²) in [7, 11) is 2.89. The van der Waals surface area contributed by atoms with Crippen LogP contribution in [0, 0.1) is 5.92 Å². The first-order valence-electron chi connectivity index (χ1n) is 7.31. The average molecular weight is 340 g/mol. The Morgan fingerprint density at radius 2 is 2.17 bits per heavy atom. The minimum Gasteiger partial charge on any atom is -0.465 e. The van der Waals surface area contributed by atoms with Crippen LogP contribution in [-0.4, -0.2) is 56.6 Å². The molecule has 1 aliphatic heterocycles. The lowest BCUT2D eigenvalue weighted by atomic mass is 9.99. The van der Waals surface area contributed by atoms with E-state index < -0.39 is 17.8 Å². The molecule has 1 saturated heterocycles. The largest absolute Gasteiger partial charge is 0.465 e. The zero-order chi connectivity index (χ0) is 16.8. The Kier molecular flexibility index (Phi) is 6.12. The summed E-state index contributed by atoms with van der Waals surface area (Å²) in [6, 6.07) is 1.58. The SMILES string of the molecule is COC[C@@H]1CCCN(C(=O)C(=O)Nc2ccsc2C(=O)OC)C1. The maximum Gasteiger partial charge on any atom is 0.350 e. The molecular weight excluding hydrogens is 320 g/mol. The molecule has 8 heteroatoms. The highest BCUT2D eigenvalue weighted by Gasteiger charge is 2.28. The molecule has 1 aromatic rings. The standard InChI is InChI=1S/C15H20N2O5S/c1-21-9-10-4-3-6-17(8-10)14(19)13(18)16-11-5-7-23-12(11)15(20)22-2/h5,7,10H,3-4,6,8-9H2,1-2H3,(H,16,18)/t10-/m1/s1. The van der Waals surface area contributed by atoms with E-state index in [-0.39, 0.29) is 10.8 Å². The number of rotatable bonds is 4. The number of ether oxygens (including phenoxy) is 2. The first kappa shape index (κ1) is 17.4. The molecule has 0 saturated carbocycles. The first-order chi connectivity index (χ1) is 11.1. The molecule has 2 rings (SSSR count). The van der Waals surface area contributed by atoms with Gasteiger partial charge in [-0.15, -0.1) is 11.3 Å². The van der Waals surface area contributed by atoms with Crippen molar-refractivity contribution in [2.45, 2.75) is 12.8 Å². The number of hydrogen-bond donors (Lipinski definition) is 1. The number of piperidine rings is 1. The van der Waals surface area contributed by atoms with Crippen LogP contribution in [0.5, 0.6) is 0 Å². The number of nitrogens with one attached hydrogen (secondary N) is 1. The van der Waals surface area contributed by atoms with Crippen LogP contribution in [0.15, 0.2) is 11.4 Å². The van der Waals surface area contributed by atoms with E-state index in [0.717, 1.165) is 24.2 Å². The number of carbonyl (C=O) groups excluding carboxylic acids is 3. The third-order valence-corrected chi connectivity index (χ3v) is 4.58. The number of hydrogen-bond acceptors (Lipinski definition) is 6. The van der Waals surface area contributed by atoms with E-state index in [4.69, 9.17) is 4.74 Å². The molecule has 23 heavy (non-hydrogen) atoms. The number of thiophene rings is 1. The molecule has 0 aliphatic carbocycles. The third kappa shape index (κ3) is 4.29. The van der Waals surface area contributed by atoms with Crippen molar-refractivity contribution in [2.24, 2.45) is 5.92 Å². The average Bonchev–Trinajstić information content (AvgIpc) is 3.02. The van der Waals surface area contributed by atoms with E-state index in [1.807, 2.05) is 0 Å². The molecule has 7 nitrogen and oxygen atoms in total. The second-order valence-electron chi connectivity index (χ2n) is 5.32. The summed E-state index contributed by atoms with van der Waals surface area (Å²) in [6.45, 7) is 1.63. The Balaban J connectivity index is 1.99. The van der Waals surface area contributed by atoms with Crippen LogP contribution in [0.1, 0.15) is 22.5 Å². The van der Waals surface area contributed by atoms with Crippen molar-refractivity contribution in [3.63, 3.8) is 0 Å². The molecule has 1 aromatic heterocycles. The van der Waals surface area contributed by atoms with E-state index in [0.29, 0.717) is 25.4 Å². The van der Waals surface area contributed by atoms with Gasteiger partial charge in [0.25, 0.3) is 0 Å². The molecule has 1 aliphatic rings. The quantitative estimate of drug-likeness (QED) is 0.661. The summed E-state index contributed by atoms with van der Waals surface area (Å²) < 4.78 is 9.77. The molecule has 2 amide bonds. The van der Waals surface area contributed by atoms with E-state index in [2.05, 4.69) is 10.1 Å². The number of likely N-dealkylation sites (tertiary alicyclic amines) is 1. The minimum atomic E-state index is -0.744. The number of amides is 2. The van der Waals surface area contributed by atoms with Crippen molar-refractivity contribution < 1.29 is 23.9 Å². The predicted molar refractivity (Wildman–Crippen MR) is 85.5 cm³/mol. The number of anilines is 1. The van der Waals surface area contributed by atoms with Gasteiger partial charge in [0.05, 0.1) is 19.4 Å². The van der Waals surface area contributed by atoms with Gasteiger partial charge >= 0.3 is 17.8 Å². The molecule has 1 N–H and O–H groups in total. The molecule has 1 fully saturated rings. The third-order valence-electron chi connectivity index (χ3n) is 3.69. The summed E-state index contributed by atoms with van der Waals surface area (Å²) in [5.41, 5.74) is 0.297. The van der Waals surface area contributed by atoms with Crippen molar-refractivity contribution in [1.82, 2.24) is 4.90 Å². The van der Waals surface area contributed by atoms with Gasteiger partial charge < -0.3 is 19.7 Å². The number of nitrogens with zero attached hydrogens (tertiary/aromatic N) is 1. The Morgan fingerprint density at radius 3 is 2.87 bits per heavy atom. The number of methoxy groups -OCH3 is 2. The van der Waals surface area contributed by atoms with Crippen LogP contribution >= 0.6 is 11.3 Å². The summed E-state index contributed by atoms with van der Waals surface area (Å²) >= 11 is 1.15. The molecule has 0 radical (unpaired) electrons. The Morgan fingerprint density at radius 1 is 1.39 bits per heavy atom. The molecule has 0 unspecified atom stereocenters. The monoisotopic (exact) mass is 340 g/mol. The molecular formula is C15H20N2O5S. The second-order valence-corrected chi connectivity index (χ2v) is 6.24. The van der Waals surface area contributed by atoms with Gasteiger partial charge in [-0.1, -0.05) is 0 Å².